The number of carbonyl (C=O) groups is 2. The van der Waals surface area contributed by atoms with Crippen molar-refractivity contribution in [1.82, 2.24) is 9.88 Å². The molecule has 1 aromatic heterocycles. The van der Waals surface area contributed by atoms with Crippen molar-refractivity contribution in [1.29, 1.82) is 0 Å². The van der Waals surface area contributed by atoms with Gasteiger partial charge in [-0.2, -0.15) is 0 Å². The van der Waals surface area contributed by atoms with Crippen LogP contribution in [0.15, 0.2) is 42.7 Å². The number of fused-ring (bicyclic) bond motifs is 5. The minimum Gasteiger partial charge on any atom is -0.481 e. The number of carboxylic acid groups (broad SMARTS) is 1. The molecule has 1 heterocycles. The van der Waals surface area contributed by atoms with E-state index >= 15 is 0 Å². The Morgan fingerprint density at radius 1 is 1.23 bits per heavy atom. The van der Waals surface area contributed by atoms with Gasteiger partial charge < -0.3 is 15.1 Å². The van der Waals surface area contributed by atoms with E-state index < -0.39 is 12.1 Å². The predicted molar refractivity (Wildman–Crippen MR) is 129 cm³/mol. The fraction of sp³-hybridized carbons (Fsp3) is 0.464. The standard InChI is InChI=1S/C28H31FN2O4/c1-28-9-7-21-20-5-4-17(27(35)31(2)10-8-25(33)34)11-16(20)3-6-22(21)26(28)24(32)13-23(28)18-12-19(29)15-30-14-18/h4-5,11-15,21-22,24,26,32H,3,6-10H2,1-2H3,(H,33,34)/t21?,22?,24-,26?,28+/m0/s1. The first-order chi connectivity index (χ1) is 16.7. The number of benzene rings is 1. The fourth-order valence-corrected chi connectivity index (χ4v) is 6.94. The summed E-state index contributed by atoms with van der Waals surface area (Å²) in [6.07, 6.45) is 7.72. The smallest absolute Gasteiger partial charge is 0.305 e. The molecule has 3 aliphatic carbocycles. The van der Waals surface area contributed by atoms with Gasteiger partial charge in [-0.3, -0.25) is 14.6 Å². The van der Waals surface area contributed by atoms with E-state index in [1.807, 2.05) is 18.2 Å². The number of aliphatic hydroxyl groups is 1. The van der Waals surface area contributed by atoms with Gasteiger partial charge in [0.15, 0.2) is 0 Å². The van der Waals surface area contributed by atoms with Gasteiger partial charge in [-0.05, 0) is 83.4 Å². The minimum absolute atomic E-state index is 0.0520. The summed E-state index contributed by atoms with van der Waals surface area (Å²) in [7, 11) is 1.63. The van der Waals surface area contributed by atoms with Crippen molar-refractivity contribution in [2.24, 2.45) is 17.3 Å². The summed E-state index contributed by atoms with van der Waals surface area (Å²) in [5.41, 5.74) is 4.51. The zero-order chi connectivity index (χ0) is 24.9. The van der Waals surface area contributed by atoms with Crippen LogP contribution in [-0.4, -0.2) is 51.7 Å². The van der Waals surface area contributed by atoms with Crippen LogP contribution in [0.3, 0.4) is 0 Å². The highest BCUT2D eigenvalue weighted by molar-refractivity contribution is 5.94. The zero-order valence-corrected chi connectivity index (χ0v) is 20.1. The number of aliphatic carboxylic acids is 1. The lowest BCUT2D eigenvalue weighted by molar-refractivity contribution is -0.137. The van der Waals surface area contributed by atoms with Gasteiger partial charge in [-0.1, -0.05) is 19.1 Å². The molecule has 2 N–H and O–H groups in total. The van der Waals surface area contributed by atoms with Crippen molar-refractivity contribution in [3.8, 4) is 0 Å². The molecule has 0 radical (unpaired) electrons. The average molecular weight is 479 g/mol. The van der Waals surface area contributed by atoms with Gasteiger partial charge in [0.1, 0.15) is 5.82 Å². The van der Waals surface area contributed by atoms with Gasteiger partial charge >= 0.3 is 5.97 Å². The van der Waals surface area contributed by atoms with Gasteiger partial charge in [-0.15, -0.1) is 0 Å². The second-order valence-electron chi connectivity index (χ2n) is 10.5. The highest BCUT2D eigenvalue weighted by Gasteiger charge is 2.55. The molecule has 1 amide bonds. The number of amides is 1. The lowest BCUT2D eigenvalue weighted by Crippen LogP contribution is -2.45. The van der Waals surface area contributed by atoms with Gasteiger partial charge in [0, 0.05) is 31.3 Å². The Labute approximate surface area is 204 Å². The Bertz CT molecular complexity index is 1210. The van der Waals surface area contributed by atoms with E-state index in [-0.39, 0.29) is 36.0 Å². The van der Waals surface area contributed by atoms with E-state index in [4.69, 9.17) is 5.11 Å². The first-order valence-corrected chi connectivity index (χ1v) is 12.3. The topological polar surface area (TPSA) is 90.7 Å². The highest BCUT2D eigenvalue weighted by Crippen LogP contribution is 2.63. The summed E-state index contributed by atoms with van der Waals surface area (Å²) in [6.45, 7) is 2.37. The van der Waals surface area contributed by atoms with E-state index in [9.17, 15) is 19.1 Å². The number of aliphatic hydroxyl groups excluding tert-OH is 1. The zero-order valence-electron chi connectivity index (χ0n) is 20.1. The molecule has 2 aromatic rings. The van der Waals surface area contributed by atoms with Crippen molar-refractivity contribution in [3.63, 3.8) is 0 Å². The van der Waals surface area contributed by atoms with Gasteiger partial charge in [0.05, 0.1) is 18.7 Å². The van der Waals surface area contributed by atoms with Crippen LogP contribution in [0.1, 0.15) is 65.6 Å². The van der Waals surface area contributed by atoms with Crippen molar-refractivity contribution < 1.29 is 24.2 Å². The molecule has 0 saturated heterocycles. The normalized spacial score (nSPS) is 29.0. The van der Waals surface area contributed by atoms with Gasteiger partial charge in [-0.25, -0.2) is 4.39 Å². The molecule has 5 rings (SSSR count). The monoisotopic (exact) mass is 478 g/mol. The molecule has 35 heavy (non-hydrogen) atoms. The second kappa shape index (κ2) is 8.86. The Morgan fingerprint density at radius 2 is 2.03 bits per heavy atom. The van der Waals surface area contributed by atoms with Crippen LogP contribution in [0.5, 0.6) is 0 Å². The summed E-state index contributed by atoms with van der Waals surface area (Å²) >= 11 is 0. The van der Waals surface area contributed by atoms with Crippen LogP contribution < -0.4 is 0 Å². The maximum Gasteiger partial charge on any atom is 0.305 e. The Hall–Kier alpha value is -3.06. The number of pyridine rings is 1. The number of carbonyl (C=O) groups excluding carboxylic acids is 1. The first-order valence-electron chi connectivity index (χ1n) is 12.3. The highest BCUT2D eigenvalue weighted by atomic mass is 19.1. The minimum atomic E-state index is -0.925. The maximum atomic E-state index is 13.9. The molecular formula is C28H31FN2O4. The van der Waals surface area contributed by atoms with Gasteiger partial charge in [0.25, 0.3) is 5.91 Å². The third kappa shape index (κ3) is 4.05. The maximum absolute atomic E-state index is 13.9. The molecule has 1 fully saturated rings. The summed E-state index contributed by atoms with van der Waals surface area (Å²) in [4.78, 5) is 29.2. The van der Waals surface area contributed by atoms with Crippen LogP contribution in [0.4, 0.5) is 4.39 Å². The van der Waals surface area contributed by atoms with Crippen molar-refractivity contribution >= 4 is 17.4 Å². The van der Waals surface area contributed by atoms with Crippen molar-refractivity contribution in [2.75, 3.05) is 13.6 Å². The Morgan fingerprint density at radius 3 is 2.77 bits per heavy atom. The summed E-state index contributed by atoms with van der Waals surface area (Å²) < 4.78 is 13.9. The number of aryl methyl sites for hydroxylation is 1. The molecule has 5 atom stereocenters. The van der Waals surface area contributed by atoms with Crippen LogP contribution in [0, 0.1) is 23.1 Å². The number of hydrogen-bond donors (Lipinski definition) is 2. The van der Waals surface area contributed by atoms with E-state index in [0.717, 1.165) is 36.8 Å². The number of aromatic nitrogens is 1. The molecule has 0 bridgehead atoms. The number of rotatable bonds is 5. The predicted octanol–water partition coefficient (Wildman–Crippen LogP) is 4.29. The molecule has 7 heteroatoms. The number of allylic oxidation sites excluding steroid dienone is 1. The SMILES string of the molecule is CN(CCC(=O)O)C(=O)c1ccc2c(c1)CCC1C2CC[C@]2(C)C(c3cncc(F)c3)=C[C@H](O)C12. The number of hydrogen-bond acceptors (Lipinski definition) is 4. The second-order valence-corrected chi connectivity index (χ2v) is 10.5. The third-order valence-corrected chi connectivity index (χ3v) is 8.57. The summed E-state index contributed by atoms with van der Waals surface area (Å²) in [5.74, 6) is -0.813. The lowest BCUT2D eigenvalue weighted by Gasteiger charge is -2.51. The largest absolute Gasteiger partial charge is 0.481 e. The third-order valence-electron chi connectivity index (χ3n) is 8.57. The number of halogens is 1. The molecule has 3 unspecified atom stereocenters. The molecule has 184 valence electrons. The quantitative estimate of drug-likeness (QED) is 0.669. The van der Waals surface area contributed by atoms with Gasteiger partial charge in [0.2, 0.25) is 0 Å². The van der Waals surface area contributed by atoms with Crippen LogP contribution in [0.25, 0.3) is 5.57 Å². The van der Waals surface area contributed by atoms with E-state index in [0.29, 0.717) is 17.4 Å². The number of nitrogens with zero attached hydrogens (tertiary/aromatic N) is 2. The molecule has 1 saturated carbocycles. The first kappa shape index (κ1) is 23.7. The fourth-order valence-electron chi connectivity index (χ4n) is 6.94. The van der Waals surface area contributed by atoms with Crippen molar-refractivity contribution in [2.45, 2.75) is 51.0 Å². The van der Waals surface area contributed by atoms with E-state index in [1.165, 1.54) is 28.3 Å². The average Bonchev–Trinajstić information content (AvgIpc) is 3.12. The molecule has 1 aromatic carbocycles. The number of carboxylic acids is 1. The van der Waals surface area contributed by atoms with E-state index in [1.54, 1.807) is 13.2 Å². The Balaban J connectivity index is 1.39. The van der Waals surface area contributed by atoms with E-state index in [2.05, 4.69) is 18.0 Å². The molecule has 6 nitrogen and oxygen atoms in total. The summed E-state index contributed by atoms with van der Waals surface area (Å²) in [6, 6.07) is 7.38. The Kier molecular flexibility index (Phi) is 5.99. The molecular weight excluding hydrogens is 447 g/mol. The molecule has 0 aliphatic heterocycles. The van der Waals surface area contributed by atoms with Crippen LogP contribution in [0.2, 0.25) is 0 Å². The molecule has 3 aliphatic rings. The van der Waals surface area contributed by atoms with Crippen LogP contribution >= 0.6 is 0 Å². The summed E-state index contributed by atoms with van der Waals surface area (Å²) in [5, 5.41) is 20.1. The van der Waals surface area contributed by atoms with Crippen LogP contribution in [-0.2, 0) is 11.2 Å². The lowest BCUT2D eigenvalue weighted by atomic mass is 9.53. The van der Waals surface area contributed by atoms with Crippen molar-refractivity contribution in [3.05, 3.63) is 70.8 Å². The molecule has 0 spiro atoms.